The molecular weight excluding hydrogens is 376 g/mol. The van der Waals surface area contributed by atoms with Gasteiger partial charge in [-0.25, -0.2) is 0 Å². The molecule has 1 saturated heterocycles. The van der Waals surface area contributed by atoms with Crippen molar-refractivity contribution in [1.82, 2.24) is 14.8 Å². The first kappa shape index (κ1) is 22.1. The molecule has 2 aromatic rings. The average molecular weight is 409 g/mol. The number of carbonyl (C=O) groups excluding carboxylic acids is 1. The summed E-state index contributed by atoms with van der Waals surface area (Å²) in [5.41, 5.74) is 2.07. The van der Waals surface area contributed by atoms with Crippen molar-refractivity contribution in [1.29, 1.82) is 5.26 Å². The van der Waals surface area contributed by atoms with Crippen molar-refractivity contribution >= 4 is 22.9 Å². The van der Waals surface area contributed by atoms with Crippen molar-refractivity contribution in [2.24, 2.45) is 5.92 Å². The quantitative estimate of drug-likeness (QED) is 0.646. The van der Waals surface area contributed by atoms with E-state index in [4.69, 9.17) is 10.00 Å². The van der Waals surface area contributed by atoms with Gasteiger partial charge < -0.3 is 14.6 Å². The summed E-state index contributed by atoms with van der Waals surface area (Å²) >= 11 is 0. The van der Waals surface area contributed by atoms with Gasteiger partial charge in [-0.05, 0) is 24.5 Å². The second-order valence-electron chi connectivity index (χ2n) is 8.21. The molecule has 0 bridgehead atoms. The van der Waals surface area contributed by atoms with Crippen LogP contribution in [0.2, 0.25) is 0 Å². The van der Waals surface area contributed by atoms with Gasteiger partial charge >= 0.3 is 0 Å². The highest BCUT2D eigenvalue weighted by atomic mass is 16.5. The molecule has 6 heteroatoms. The first-order chi connectivity index (χ1) is 14.6. The molecule has 0 spiro atoms. The Labute approximate surface area is 179 Å². The van der Waals surface area contributed by atoms with Crippen LogP contribution in [0.5, 0.6) is 0 Å². The molecule has 1 aromatic carbocycles. The fourth-order valence-electron chi connectivity index (χ4n) is 4.05. The van der Waals surface area contributed by atoms with Crippen LogP contribution >= 0.6 is 0 Å². The Balaban J connectivity index is 1.64. The number of nitrogens with one attached hydrogen (secondary N) is 1. The number of para-hydroxylation sites is 1. The van der Waals surface area contributed by atoms with Crippen LogP contribution in [0, 0.1) is 17.2 Å². The number of hydrogen-bond donors (Lipinski definition) is 1. The number of ether oxygens (including phenoxy) is 1. The van der Waals surface area contributed by atoms with Gasteiger partial charge in [-0.3, -0.25) is 9.69 Å². The highest BCUT2D eigenvalue weighted by Crippen LogP contribution is 2.23. The number of rotatable bonds is 9. The lowest BCUT2D eigenvalue weighted by Crippen LogP contribution is -2.49. The van der Waals surface area contributed by atoms with E-state index in [2.05, 4.69) is 34.7 Å². The molecule has 1 aliphatic heterocycles. The van der Waals surface area contributed by atoms with Gasteiger partial charge in [0.2, 0.25) is 5.91 Å². The van der Waals surface area contributed by atoms with Crippen molar-refractivity contribution in [2.45, 2.75) is 39.3 Å². The molecule has 1 atom stereocenters. The highest BCUT2D eigenvalue weighted by molar-refractivity contribution is 5.96. The zero-order valence-corrected chi connectivity index (χ0v) is 18.0. The summed E-state index contributed by atoms with van der Waals surface area (Å²) < 4.78 is 7.55. The average Bonchev–Trinajstić information content (AvgIpc) is 3.12. The second-order valence-corrected chi connectivity index (χ2v) is 8.21. The van der Waals surface area contributed by atoms with E-state index in [9.17, 15) is 4.79 Å². The molecule has 6 nitrogen and oxygen atoms in total. The molecule has 1 aromatic heterocycles. The fraction of sp³-hybridized carbons (Fsp3) is 0.500. The molecule has 1 N–H and O–H groups in total. The SMILES string of the molecule is CC(C)CC(CNC(=O)/C=C/c1cn(CCC#N)c2ccccc12)N1CCOCC1. The third-order valence-corrected chi connectivity index (χ3v) is 5.52. The predicted octanol–water partition coefficient (Wildman–Crippen LogP) is 3.43. The first-order valence-corrected chi connectivity index (χ1v) is 10.8. The lowest BCUT2D eigenvalue weighted by atomic mass is 10.0. The number of aryl methyl sites for hydroxylation is 1. The summed E-state index contributed by atoms with van der Waals surface area (Å²) in [5.74, 6) is 0.496. The summed E-state index contributed by atoms with van der Waals surface area (Å²) in [4.78, 5) is 14.9. The minimum Gasteiger partial charge on any atom is -0.379 e. The maximum absolute atomic E-state index is 12.5. The normalized spacial score (nSPS) is 16.2. The Morgan fingerprint density at radius 1 is 1.30 bits per heavy atom. The predicted molar refractivity (Wildman–Crippen MR) is 120 cm³/mol. The summed E-state index contributed by atoms with van der Waals surface area (Å²) in [6.07, 6.45) is 7.01. The van der Waals surface area contributed by atoms with Crippen LogP contribution in [0.25, 0.3) is 17.0 Å². The topological polar surface area (TPSA) is 70.3 Å². The number of fused-ring (bicyclic) bond motifs is 1. The molecule has 2 heterocycles. The van der Waals surface area contributed by atoms with Crippen LogP contribution in [0.4, 0.5) is 0 Å². The molecule has 0 aliphatic carbocycles. The second kappa shape index (κ2) is 11.0. The number of aromatic nitrogens is 1. The van der Waals surface area contributed by atoms with Crippen LogP contribution in [0.3, 0.4) is 0 Å². The van der Waals surface area contributed by atoms with Crippen molar-refractivity contribution < 1.29 is 9.53 Å². The molecule has 30 heavy (non-hydrogen) atoms. The molecule has 1 unspecified atom stereocenters. The minimum atomic E-state index is -0.0779. The number of benzene rings is 1. The standard InChI is InChI=1S/C24H32N4O2/c1-19(2)16-21(27-12-14-30-15-13-27)17-26-24(29)9-8-20-18-28(11-5-10-25)23-7-4-3-6-22(20)23/h3-4,6-9,18-19,21H,5,11-17H2,1-2H3,(H,26,29)/b9-8+. The number of amides is 1. The van der Waals surface area contributed by atoms with E-state index >= 15 is 0 Å². The van der Waals surface area contributed by atoms with Gasteiger partial charge in [0.1, 0.15) is 0 Å². The summed E-state index contributed by atoms with van der Waals surface area (Å²) in [6, 6.07) is 10.6. The van der Waals surface area contributed by atoms with E-state index in [0.29, 0.717) is 31.5 Å². The van der Waals surface area contributed by atoms with Gasteiger partial charge in [-0.2, -0.15) is 5.26 Å². The van der Waals surface area contributed by atoms with E-state index in [1.165, 1.54) is 0 Å². The molecule has 1 amide bonds. The largest absolute Gasteiger partial charge is 0.379 e. The van der Waals surface area contributed by atoms with E-state index in [0.717, 1.165) is 49.2 Å². The first-order valence-electron chi connectivity index (χ1n) is 10.8. The van der Waals surface area contributed by atoms with Gasteiger partial charge in [0.25, 0.3) is 0 Å². The number of morpholine rings is 1. The van der Waals surface area contributed by atoms with E-state index < -0.39 is 0 Å². The molecule has 1 aliphatic rings. The molecule has 0 radical (unpaired) electrons. The van der Waals surface area contributed by atoms with Gasteiger partial charge in [0, 0.05) is 61.0 Å². The highest BCUT2D eigenvalue weighted by Gasteiger charge is 2.22. The van der Waals surface area contributed by atoms with Gasteiger partial charge in [0.05, 0.1) is 25.7 Å². The number of carbonyl (C=O) groups is 1. The zero-order valence-electron chi connectivity index (χ0n) is 18.0. The molecular formula is C24H32N4O2. The van der Waals surface area contributed by atoms with Gasteiger partial charge in [0.15, 0.2) is 0 Å². The zero-order chi connectivity index (χ0) is 21.3. The summed E-state index contributed by atoms with van der Waals surface area (Å²) in [5, 5.41) is 13.1. The molecule has 1 fully saturated rings. The van der Waals surface area contributed by atoms with E-state index in [-0.39, 0.29) is 5.91 Å². The number of hydrogen-bond acceptors (Lipinski definition) is 4. The monoisotopic (exact) mass is 408 g/mol. The van der Waals surface area contributed by atoms with Crippen LogP contribution < -0.4 is 5.32 Å². The molecule has 0 saturated carbocycles. The third-order valence-electron chi connectivity index (χ3n) is 5.52. The van der Waals surface area contributed by atoms with Crippen molar-refractivity contribution in [3.63, 3.8) is 0 Å². The molecule has 3 rings (SSSR count). The van der Waals surface area contributed by atoms with Crippen molar-refractivity contribution in [2.75, 3.05) is 32.8 Å². The maximum Gasteiger partial charge on any atom is 0.244 e. The van der Waals surface area contributed by atoms with Crippen LogP contribution in [0.1, 0.15) is 32.3 Å². The number of nitriles is 1. The van der Waals surface area contributed by atoms with Gasteiger partial charge in [-0.15, -0.1) is 0 Å². The van der Waals surface area contributed by atoms with Crippen LogP contribution in [-0.4, -0.2) is 54.3 Å². The number of nitrogens with zero attached hydrogens (tertiary/aromatic N) is 3. The smallest absolute Gasteiger partial charge is 0.244 e. The lowest BCUT2D eigenvalue weighted by Gasteiger charge is -2.35. The Morgan fingerprint density at radius 2 is 2.07 bits per heavy atom. The third kappa shape index (κ3) is 5.94. The Bertz CT molecular complexity index is 904. The maximum atomic E-state index is 12.5. The van der Waals surface area contributed by atoms with Crippen LogP contribution in [0.15, 0.2) is 36.5 Å². The summed E-state index contributed by atoms with van der Waals surface area (Å²) in [7, 11) is 0. The minimum absolute atomic E-state index is 0.0779. The van der Waals surface area contributed by atoms with Crippen molar-refractivity contribution in [3.8, 4) is 6.07 Å². The lowest BCUT2D eigenvalue weighted by molar-refractivity contribution is -0.116. The molecule has 160 valence electrons. The van der Waals surface area contributed by atoms with Crippen LogP contribution in [-0.2, 0) is 16.1 Å². The van der Waals surface area contributed by atoms with E-state index in [1.807, 2.05) is 36.5 Å². The summed E-state index contributed by atoms with van der Waals surface area (Å²) in [6.45, 7) is 9.10. The Kier molecular flexibility index (Phi) is 8.06. The Morgan fingerprint density at radius 3 is 2.80 bits per heavy atom. The van der Waals surface area contributed by atoms with Gasteiger partial charge in [-0.1, -0.05) is 32.0 Å². The van der Waals surface area contributed by atoms with E-state index in [1.54, 1.807) is 6.08 Å². The fourth-order valence-corrected chi connectivity index (χ4v) is 4.05. The Hall–Kier alpha value is -2.62. The van der Waals surface area contributed by atoms with Crippen molar-refractivity contribution in [3.05, 3.63) is 42.1 Å².